The number of hydrogen-bond acceptors (Lipinski definition) is 5. The minimum absolute atomic E-state index is 0.285. The van der Waals surface area contributed by atoms with Gasteiger partial charge in [0, 0.05) is 18.3 Å². The molecule has 0 N–H and O–H groups in total. The van der Waals surface area contributed by atoms with Crippen molar-refractivity contribution in [2.75, 3.05) is 6.26 Å². The van der Waals surface area contributed by atoms with Gasteiger partial charge in [-0.2, -0.15) is 9.78 Å². The third-order valence-electron chi connectivity index (χ3n) is 2.36. The summed E-state index contributed by atoms with van der Waals surface area (Å²) in [5.41, 5.74) is 1.00. The molecule has 0 aliphatic heterocycles. The lowest BCUT2D eigenvalue weighted by Crippen LogP contribution is -2.01. The summed E-state index contributed by atoms with van der Waals surface area (Å²) in [5.74, 6) is 1.15. The number of thioether (sulfide) groups is 1. The zero-order chi connectivity index (χ0) is 13.0. The molecule has 0 bridgehead atoms. The molecule has 0 amide bonds. The van der Waals surface area contributed by atoms with Crippen LogP contribution in [0.4, 0.5) is 0 Å². The number of pyridine rings is 1. The lowest BCUT2D eigenvalue weighted by molar-refractivity contribution is 0.668. The predicted octanol–water partition coefficient (Wildman–Crippen LogP) is 2.40. The van der Waals surface area contributed by atoms with Crippen molar-refractivity contribution in [1.29, 1.82) is 0 Å². The van der Waals surface area contributed by atoms with Gasteiger partial charge >= 0.3 is 0 Å². The SMILES string of the molecule is CSc1nnc(C(C)C)n1/N=C\c1ccncc1. The van der Waals surface area contributed by atoms with E-state index in [1.54, 1.807) is 23.3 Å². The highest BCUT2D eigenvalue weighted by atomic mass is 32.2. The van der Waals surface area contributed by atoms with Gasteiger partial charge in [0.15, 0.2) is 5.82 Å². The van der Waals surface area contributed by atoms with Gasteiger partial charge in [-0.1, -0.05) is 25.6 Å². The van der Waals surface area contributed by atoms with E-state index in [4.69, 9.17) is 0 Å². The lowest BCUT2D eigenvalue weighted by Gasteiger charge is -2.04. The quantitative estimate of drug-likeness (QED) is 0.626. The van der Waals surface area contributed by atoms with E-state index in [1.807, 2.05) is 18.4 Å². The Morgan fingerprint density at radius 3 is 2.61 bits per heavy atom. The Hall–Kier alpha value is -1.69. The van der Waals surface area contributed by atoms with E-state index in [2.05, 4.69) is 34.1 Å². The molecule has 2 aromatic heterocycles. The average molecular weight is 261 g/mol. The van der Waals surface area contributed by atoms with Crippen molar-refractivity contribution in [1.82, 2.24) is 19.9 Å². The molecule has 18 heavy (non-hydrogen) atoms. The van der Waals surface area contributed by atoms with Crippen LogP contribution in [0.3, 0.4) is 0 Å². The maximum atomic E-state index is 4.45. The number of nitrogens with zero attached hydrogens (tertiary/aromatic N) is 5. The zero-order valence-corrected chi connectivity index (χ0v) is 11.4. The Labute approximate surface area is 110 Å². The second-order valence-electron chi connectivity index (χ2n) is 4.04. The molecular formula is C12H15N5S. The molecule has 0 fully saturated rings. The summed E-state index contributed by atoms with van der Waals surface area (Å²) >= 11 is 1.53. The van der Waals surface area contributed by atoms with Gasteiger partial charge in [-0.3, -0.25) is 4.98 Å². The highest BCUT2D eigenvalue weighted by molar-refractivity contribution is 7.98. The molecule has 0 unspecified atom stereocenters. The van der Waals surface area contributed by atoms with Crippen molar-refractivity contribution in [2.45, 2.75) is 24.9 Å². The highest BCUT2D eigenvalue weighted by Gasteiger charge is 2.13. The minimum atomic E-state index is 0.285. The van der Waals surface area contributed by atoms with Crippen LogP contribution in [0.15, 0.2) is 34.8 Å². The molecule has 0 radical (unpaired) electrons. The molecule has 0 saturated carbocycles. The monoisotopic (exact) mass is 261 g/mol. The summed E-state index contributed by atoms with van der Waals surface area (Å²) < 4.78 is 1.79. The van der Waals surface area contributed by atoms with E-state index in [0.29, 0.717) is 0 Å². The summed E-state index contributed by atoms with van der Waals surface area (Å²) in [5, 5.41) is 13.5. The topological polar surface area (TPSA) is 56.0 Å². The Bertz CT molecular complexity index is 533. The molecule has 0 aliphatic rings. The van der Waals surface area contributed by atoms with E-state index in [1.165, 1.54) is 11.8 Å². The third-order valence-corrected chi connectivity index (χ3v) is 2.98. The van der Waals surface area contributed by atoms with Crippen molar-refractivity contribution in [2.24, 2.45) is 5.10 Å². The maximum absolute atomic E-state index is 4.45. The second kappa shape index (κ2) is 5.77. The van der Waals surface area contributed by atoms with Crippen LogP contribution in [0, 0.1) is 0 Å². The molecule has 0 spiro atoms. The Kier molecular flexibility index (Phi) is 4.09. The molecule has 0 atom stereocenters. The van der Waals surface area contributed by atoms with Crippen LogP contribution < -0.4 is 0 Å². The predicted molar refractivity (Wildman–Crippen MR) is 73.1 cm³/mol. The lowest BCUT2D eigenvalue weighted by atomic mass is 10.2. The largest absolute Gasteiger partial charge is 0.265 e. The van der Waals surface area contributed by atoms with Gasteiger partial charge in [-0.15, -0.1) is 10.2 Å². The van der Waals surface area contributed by atoms with Gasteiger partial charge in [-0.05, 0) is 24.0 Å². The van der Waals surface area contributed by atoms with Crippen molar-refractivity contribution >= 4 is 18.0 Å². The normalized spacial score (nSPS) is 11.6. The van der Waals surface area contributed by atoms with Crippen molar-refractivity contribution < 1.29 is 0 Å². The molecule has 0 saturated heterocycles. The summed E-state index contributed by atoms with van der Waals surface area (Å²) in [4.78, 5) is 3.97. The van der Waals surface area contributed by atoms with E-state index in [-0.39, 0.29) is 5.92 Å². The van der Waals surface area contributed by atoms with Crippen LogP contribution in [0.2, 0.25) is 0 Å². The first kappa shape index (κ1) is 12.8. The van der Waals surface area contributed by atoms with E-state index in [0.717, 1.165) is 16.5 Å². The molecule has 94 valence electrons. The molecule has 5 nitrogen and oxygen atoms in total. The fourth-order valence-electron chi connectivity index (χ4n) is 1.45. The summed E-state index contributed by atoms with van der Waals surface area (Å²) in [6, 6.07) is 3.81. The van der Waals surface area contributed by atoms with Crippen LogP contribution in [0.1, 0.15) is 31.2 Å². The molecular weight excluding hydrogens is 246 g/mol. The fraction of sp³-hybridized carbons (Fsp3) is 0.333. The smallest absolute Gasteiger partial charge is 0.211 e. The molecule has 6 heteroatoms. The highest BCUT2D eigenvalue weighted by Crippen LogP contribution is 2.18. The minimum Gasteiger partial charge on any atom is -0.265 e. The van der Waals surface area contributed by atoms with Crippen LogP contribution in [-0.4, -0.2) is 32.3 Å². The summed E-state index contributed by atoms with van der Waals surface area (Å²) in [6.07, 6.45) is 7.24. The number of aromatic nitrogens is 4. The standard InChI is InChI=1S/C12H15N5S/c1-9(2)11-15-16-12(18-3)17(11)14-8-10-4-6-13-7-5-10/h4-9H,1-3H3/b14-8-. The van der Waals surface area contributed by atoms with Crippen LogP contribution in [0.5, 0.6) is 0 Å². The fourth-order valence-corrected chi connectivity index (χ4v) is 1.88. The average Bonchev–Trinajstić information content (AvgIpc) is 2.80. The van der Waals surface area contributed by atoms with Gasteiger partial charge in [0.05, 0.1) is 6.21 Å². The first-order valence-electron chi connectivity index (χ1n) is 5.66. The van der Waals surface area contributed by atoms with Gasteiger partial charge in [0.1, 0.15) is 0 Å². The van der Waals surface area contributed by atoms with E-state index in [9.17, 15) is 0 Å². The van der Waals surface area contributed by atoms with Crippen molar-refractivity contribution in [3.05, 3.63) is 35.9 Å². The number of rotatable bonds is 4. The van der Waals surface area contributed by atoms with E-state index >= 15 is 0 Å². The van der Waals surface area contributed by atoms with Crippen LogP contribution in [-0.2, 0) is 0 Å². The van der Waals surface area contributed by atoms with E-state index < -0.39 is 0 Å². The van der Waals surface area contributed by atoms with Crippen LogP contribution >= 0.6 is 11.8 Å². The molecule has 0 aliphatic carbocycles. The first-order chi connectivity index (χ1) is 8.72. The maximum Gasteiger partial charge on any atom is 0.211 e. The van der Waals surface area contributed by atoms with Gasteiger partial charge in [0.2, 0.25) is 5.16 Å². The Morgan fingerprint density at radius 2 is 2.00 bits per heavy atom. The zero-order valence-electron chi connectivity index (χ0n) is 10.6. The summed E-state index contributed by atoms with van der Waals surface area (Å²) in [6.45, 7) is 4.15. The van der Waals surface area contributed by atoms with Crippen LogP contribution in [0.25, 0.3) is 0 Å². The molecule has 2 rings (SSSR count). The molecule has 2 heterocycles. The number of hydrogen-bond donors (Lipinski definition) is 0. The molecule has 0 aromatic carbocycles. The van der Waals surface area contributed by atoms with Crippen molar-refractivity contribution in [3.63, 3.8) is 0 Å². The van der Waals surface area contributed by atoms with Gasteiger partial charge in [0.25, 0.3) is 0 Å². The Balaban J connectivity index is 2.33. The first-order valence-corrected chi connectivity index (χ1v) is 6.88. The summed E-state index contributed by atoms with van der Waals surface area (Å²) in [7, 11) is 0. The third kappa shape index (κ3) is 2.76. The van der Waals surface area contributed by atoms with Crippen molar-refractivity contribution in [3.8, 4) is 0 Å². The van der Waals surface area contributed by atoms with Gasteiger partial charge in [-0.25, -0.2) is 0 Å². The van der Waals surface area contributed by atoms with Gasteiger partial charge < -0.3 is 0 Å². The Morgan fingerprint density at radius 1 is 1.28 bits per heavy atom. The second-order valence-corrected chi connectivity index (χ2v) is 4.81. The molecule has 2 aromatic rings.